The molecular weight excluding hydrogens is 264 g/mol. The first-order valence-electron chi connectivity index (χ1n) is 7.12. The summed E-state index contributed by atoms with van der Waals surface area (Å²) >= 11 is 0. The Bertz CT molecular complexity index is 687. The smallest absolute Gasteiger partial charge is 0.196 e. The average Bonchev–Trinajstić information content (AvgIpc) is 3.17. The van der Waals surface area contributed by atoms with Crippen molar-refractivity contribution in [1.29, 1.82) is 0 Å². The number of hydrogen-bond donors (Lipinski definition) is 1. The van der Waals surface area contributed by atoms with E-state index in [-0.39, 0.29) is 0 Å². The molecule has 0 unspecified atom stereocenters. The van der Waals surface area contributed by atoms with Gasteiger partial charge in [-0.2, -0.15) is 5.10 Å². The lowest BCUT2D eigenvalue weighted by Crippen LogP contribution is -2.16. The molecule has 1 N–H and O–H groups in total. The number of nitrogens with one attached hydrogen (secondary N) is 1. The maximum atomic E-state index is 5.76. The molecule has 5 heteroatoms. The monoisotopic (exact) mass is 282 g/mol. The predicted octanol–water partition coefficient (Wildman–Crippen LogP) is 2.68. The Morgan fingerprint density at radius 1 is 1.19 bits per heavy atom. The Morgan fingerprint density at radius 3 is 2.86 bits per heavy atom. The third kappa shape index (κ3) is 3.20. The van der Waals surface area contributed by atoms with Crippen LogP contribution in [0, 0.1) is 0 Å². The summed E-state index contributed by atoms with van der Waals surface area (Å²) in [6.45, 7) is 3.91. The van der Waals surface area contributed by atoms with Crippen molar-refractivity contribution in [3.05, 3.63) is 54.8 Å². The van der Waals surface area contributed by atoms with Gasteiger partial charge in [-0.25, -0.2) is 9.67 Å². The minimum atomic E-state index is 0.749. The normalized spacial score (nSPS) is 10.9. The minimum absolute atomic E-state index is 0.749. The highest BCUT2D eigenvalue weighted by molar-refractivity contribution is 5.54. The molecule has 0 fully saturated rings. The fraction of sp³-hybridized carbons (Fsp3) is 0.250. The van der Waals surface area contributed by atoms with Gasteiger partial charge in [-0.1, -0.05) is 25.1 Å². The number of nitrogens with zero attached hydrogens (tertiary/aromatic N) is 3. The number of aromatic nitrogens is 3. The summed E-state index contributed by atoms with van der Waals surface area (Å²) < 4.78 is 7.59. The zero-order valence-corrected chi connectivity index (χ0v) is 12.0. The molecule has 2 aromatic heterocycles. The molecule has 0 atom stereocenters. The van der Waals surface area contributed by atoms with E-state index in [1.54, 1.807) is 12.4 Å². The van der Waals surface area contributed by atoms with Gasteiger partial charge in [-0.05, 0) is 18.7 Å². The summed E-state index contributed by atoms with van der Waals surface area (Å²) in [5.41, 5.74) is 1.96. The molecule has 3 rings (SSSR count). The largest absolute Gasteiger partial charge is 0.441 e. The quantitative estimate of drug-likeness (QED) is 0.706. The molecule has 0 saturated heterocycles. The zero-order valence-electron chi connectivity index (χ0n) is 12.0. The second-order valence-corrected chi connectivity index (χ2v) is 4.73. The van der Waals surface area contributed by atoms with Crippen LogP contribution in [0.3, 0.4) is 0 Å². The molecule has 0 aliphatic heterocycles. The molecule has 0 saturated carbocycles. The second kappa shape index (κ2) is 6.37. The first kappa shape index (κ1) is 13.6. The van der Waals surface area contributed by atoms with Crippen molar-refractivity contribution in [2.45, 2.75) is 13.3 Å². The maximum absolute atomic E-state index is 5.76. The van der Waals surface area contributed by atoms with Crippen LogP contribution in [-0.4, -0.2) is 27.9 Å². The van der Waals surface area contributed by atoms with Crippen LogP contribution in [-0.2, 0) is 6.42 Å². The molecule has 2 heterocycles. The molecule has 0 spiro atoms. The molecule has 0 bridgehead atoms. The molecular formula is C16H18N4O. The van der Waals surface area contributed by atoms with Gasteiger partial charge in [0.05, 0.1) is 23.6 Å². The average molecular weight is 282 g/mol. The zero-order chi connectivity index (χ0) is 14.5. The highest BCUT2D eigenvalue weighted by Gasteiger charge is 2.09. The van der Waals surface area contributed by atoms with Crippen LogP contribution in [0.25, 0.3) is 17.0 Å². The van der Waals surface area contributed by atoms with Gasteiger partial charge in [0.2, 0.25) is 0 Å². The van der Waals surface area contributed by atoms with Crippen molar-refractivity contribution in [3.8, 4) is 17.0 Å². The summed E-state index contributed by atoms with van der Waals surface area (Å²) in [4.78, 5) is 4.30. The van der Waals surface area contributed by atoms with Crippen LogP contribution in [0.4, 0.5) is 0 Å². The molecule has 0 amide bonds. The molecule has 0 radical (unpaired) electrons. The first-order chi connectivity index (χ1) is 10.4. The van der Waals surface area contributed by atoms with Crippen molar-refractivity contribution >= 4 is 0 Å². The van der Waals surface area contributed by atoms with E-state index in [0.29, 0.717) is 0 Å². The summed E-state index contributed by atoms with van der Waals surface area (Å²) in [6, 6.07) is 9.99. The van der Waals surface area contributed by atoms with E-state index in [2.05, 4.69) is 22.3 Å². The Morgan fingerprint density at radius 2 is 2.05 bits per heavy atom. The third-order valence-electron chi connectivity index (χ3n) is 3.21. The summed E-state index contributed by atoms with van der Waals surface area (Å²) in [6.07, 6.45) is 6.29. The van der Waals surface area contributed by atoms with E-state index >= 15 is 0 Å². The SMILES string of the molecule is CCNCCc1ncc(-c2cnn(-c3ccccc3)c2)o1. The summed E-state index contributed by atoms with van der Waals surface area (Å²) in [5.74, 6) is 1.50. The van der Waals surface area contributed by atoms with Crippen LogP contribution in [0.2, 0.25) is 0 Å². The van der Waals surface area contributed by atoms with Gasteiger partial charge in [0.25, 0.3) is 0 Å². The molecule has 0 aliphatic carbocycles. The molecule has 3 aromatic rings. The highest BCUT2D eigenvalue weighted by atomic mass is 16.4. The molecule has 21 heavy (non-hydrogen) atoms. The summed E-state index contributed by atoms with van der Waals surface area (Å²) in [5, 5.41) is 7.62. The number of likely N-dealkylation sites (N-methyl/N-ethyl adjacent to an activating group) is 1. The Labute approximate surface area is 123 Å². The van der Waals surface area contributed by atoms with Gasteiger partial charge in [-0.15, -0.1) is 0 Å². The molecule has 108 valence electrons. The Hall–Kier alpha value is -2.40. The lowest BCUT2D eigenvalue weighted by atomic mass is 10.3. The van der Waals surface area contributed by atoms with Crippen molar-refractivity contribution in [2.75, 3.05) is 13.1 Å². The van der Waals surface area contributed by atoms with Gasteiger partial charge < -0.3 is 9.73 Å². The van der Waals surface area contributed by atoms with E-state index in [9.17, 15) is 0 Å². The maximum Gasteiger partial charge on any atom is 0.196 e. The predicted molar refractivity (Wildman–Crippen MR) is 81.3 cm³/mol. The van der Waals surface area contributed by atoms with E-state index in [1.165, 1.54) is 0 Å². The van der Waals surface area contributed by atoms with Crippen LogP contribution in [0.15, 0.2) is 53.3 Å². The van der Waals surface area contributed by atoms with Crippen LogP contribution < -0.4 is 5.32 Å². The number of rotatable bonds is 6. The van der Waals surface area contributed by atoms with E-state index < -0.39 is 0 Å². The molecule has 5 nitrogen and oxygen atoms in total. The van der Waals surface area contributed by atoms with Gasteiger partial charge in [0.1, 0.15) is 0 Å². The van der Waals surface area contributed by atoms with Crippen LogP contribution >= 0.6 is 0 Å². The number of oxazole rings is 1. The van der Waals surface area contributed by atoms with Gasteiger partial charge in [0, 0.05) is 19.2 Å². The summed E-state index contributed by atoms with van der Waals surface area (Å²) in [7, 11) is 0. The molecule has 1 aromatic carbocycles. The van der Waals surface area contributed by atoms with Crippen molar-refractivity contribution in [2.24, 2.45) is 0 Å². The van der Waals surface area contributed by atoms with Gasteiger partial charge in [0.15, 0.2) is 11.7 Å². The van der Waals surface area contributed by atoms with Crippen molar-refractivity contribution in [3.63, 3.8) is 0 Å². The lowest BCUT2D eigenvalue weighted by Gasteiger charge is -1.98. The standard InChI is InChI=1S/C16H18N4O/c1-2-17-9-8-16-18-11-15(21-16)13-10-19-20(12-13)14-6-4-3-5-7-14/h3-7,10-12,17H,2,8-9H2,1H3. The second-order valence-electron chi connectivity index (χ2n) is 4.73. The fourth-order valence-electron chi connectivity index (χ4n) is 2.10. The first-order valence-corrected chi connectivity index (χ1v) is 7.12. The van der Waals surface area contributed by atoms with Crippen LogP contribution in [0.5, 0.6) is 0 Å². The number of hydrogen-bond acceptors (Lipinski definition) is 4. The van der Waals surface area contributed by atoms with Gasteiger partial charge >= 0.3 is 0 Å². The minimum Gasteiger partial charge on any atom is -0.441 e. The lowest BCUT2D eigenvalue weighted by molar-refractivity contribution is 0.497. The Balaban J connectivity index is 1.74. The fourth-order valence-corrected chi connectivity index (χ4v) is 2.10. The van der Waals surface area contributed by atoms with E-state index in [1.807, 2.05) is 41.2 Å². The topological polar surface area (TPSA) is 55.9 Å². The highest BCUT2D eigenvalue weighted by Crippen LogP contribution is 2.21. The van der Waals surface area contributed by atoms with Crippen LogP contribution in [0.1, 0.15) is 12.8 Å². The third-order valence-corrected chi connectivity index (χ3v) is 3.21. The van der Waals surface area contributed by atoms with E-state index in [0.717, 1.165) is 42.4 Å². The number of para-hydroxylation sites is 1. The Kier molecular flexibility index (Phi) is 4.12. The number of benzene rings is 1. The van der Waals surface area contributed by atoms with E-state index in [4.69, 9.17) is 4.42 Å². The van der Waals surface area contributed by atoms with Gasteiger partial charge in [-0.3, -0.25) is 0 Å². The molecule has 0 aliphatic rings. The van der Waals surface area contributed by atoms with Crippen molar-refractivity contribution in [1.82, 2.24) is 20.1 Å². The van der Waals surface area contributed by atoms with Crippen molar-refractivity contribution < 1.29 is 4.42 Å².